The molecular formula is C18H21FN2O2S. The molecule has 2 aromatic rings. The number of carbonyl (C=O) groups excluding carboxylic acids is 1. The number of hydrogen-bond donors (Lipinski definition) is 1. The minimum absolute atomic E-state index is 0.102. The Hall–Kier alpha value is -2.08. The van der Waals surface area contributed by atoms with Gasteiger partial charge in [-0.3, -0.25) is 0 Å². The van der Waals surface area contributed by atoms with Crippen molar-refractivity contribution in [2.75, 3.05) is 7.11 Å². The Labute approximate surface area is 145 Å². The normalized spacial score (nSPS) is 15.0. The number of methoxy groups -OCH3 is 1. The SMILES string of the molecule is COc1ccc(C(C)NC(=O)N(Cc2cccs2)C2CC2)cc1F. The predicted octanol–water partition coefficient (Wildman–Crippen LogP) is 4.33. The summed E-state index contributed by atoms with van der Waals surface area (Å²) >= 11 is 1.65. The number of rotatable bonds is 6. The van der Waals surface area contributed by atoms with Gasteiger partial charge in [-0.25, -0.2) is 9.18 Å². The molecule has 0 radical (unpaired) electrons. The van der Waals surface area contributed by atoms with Gasteiger partial charge in [0.1, 0.15) is 0 Å². The lowest BCUT2D eigenvalue weighted by molar-refractivity contribution is 0.189. The van der Waals surface area contributed by atoms with Gasteiger partial charge in [0.2, 0.25) is 0 Å². The molecule has 0 spiro atoms. The molecule has 1 aliphatic rings. The van der Waals surface area contributed by atoms with Gasteiger partial charge in [-0.1, -0.05) is 12.1 Å². The number of nitrogens with one attached hydrogen (secondary N) is 1. The molecule has 1 unspecified atom stereocenters. The molecule has 1 aromatic carbocycles. The maximum Gasteiger partial charge on any atom is 0.318 e. The molecule has 1 atom stereocenters. The number of benzene rings is 1. The zero-order valence-electron chi connectivity index (χ0n) is 13.8. The third kappa shape index (κ3) is 3.87. The first-order valence-electron chi connectivity index (χ1n) is 8.01. The van der Waals surface area contributed by atoms with Crippen molar-refractivity contribution in [3.8, 4) is 5.75 Å². The number of halogens is 1. The second kappa shape index (κ2) is 7.21. The Kier molecular flexibility index (Phi) is 5.04. The van der Waals surface area contributed by atoms with Crippen LogP contribution >= 0.6 is 11.3 Å². The van der Waals surface area contributed by atoms with E-state index in [1.54, 1.807) is 23.5 Å². The van der Waals surface area contributed by atoms with Gasteiger partial charge >= 0.3 is 6.03 Å². The first kappa shape index (κ1) is 16.8. The smallest absolute Gasteiger partial charge is 0.318 e. The third-order valence-electron chi connectivity index (χ3n) is 4.17. The lowest BCUT2D eigenvalue weighted by Crippen LogP contribution is -2.41. The zero-order valence-corrected chi connectivity index (χ0v) is 14.6. The van der Waals surface area contributed by atoms with Gasteiger partial charge in [0.05, 0.1) is 19.7 Å². The second-order valence-corrected chi connectivity index (χ2v) is 7.04. The van der Waals surface area contributed by atoms with Crippen LogP contribution in [0, 0.1) is 5.82 Å². The standard InChI is InChI=1S/C18H21FN2O2S/c1-12(13-5-8-17(23-2)16(19)10-13)20-18(22)21(14-6-7-14)11-15-4-3-9-24-15/h3-5,8-10,12,14H,6-7,11H2,1-2H3,(H,20,22). The van der Waals surface area contributed by atoms with E-state index in [2.05, 4.69) is 5.32 Å². The summed E-state index contributed by atoms with van der Waals surface area (Å²) < 4.78 is 18.8. The molecule has 1 heterocycles. The number of urea groups is 1. The minimum atomic E-state index is -0.422. The molecule has 1 fully saturated rings. The molecule has 1 saturated carbocycles. The van der Waals surface area contributed by atoms with Gasteiger partial charge < -0.3 is 15.0 Å². The third-order valence-corrected chi connectivity index (χ3v) is 5.03. The highest BCUT2D eigenvalue weighted by Crippen LogP contribution is 2.30. The van der Waals surface area contributed by atoms with Crippen LogP contribution < -0.4 is 10.1 Å². The number of amides is 2. The van der Waals surface area contributed by atoms with Crippen molar-refractivity contribution < 1.29 is 13.9 Å². The molecule has 0 saturated heterocycles. The van der Waals surface area contributed by atoms with Crippen LogP contribution in [0.3, 0.4) is 0 Å². The van der Waals surface area contributed by atoms with Crippen LogP contribution in [0.5, 0.6) is 5.75 Å². The monoisotopic (exact) mass is 348 g/mol. The van der Waals surface area contributed by atoms with Crippen molar-refractivity contribution in [3.63, 3.8) is 0 Å². The average molecular weight is 348 g/mol. The van der Waals surface area contributed by atoms with Gasteiger partial charge in [-0.2, -0.15) is 0 Å². The van der Waals surface area contributed by atoms with Crippen molar-refractivity contribution in [1.29, 1.82) is 0 Å². The molecule has 0 aliphatic heterocycles. The summed E-state index contributed by atoms with van der Waals surface area (Å²) in [5.41, 5.74) is 0.716. The molecule has 1 aliphatic carbocycles. The quantitative estimate of drug-likeness (QED) is 0.844. The first-order valence-corrected chi connectivity index (χ1v) is 8.89. The molecule has 128 valence electrons. The van der Waals surface area contributed by atoms with E-state index in [0.29, 0.717) is 18.2 Å². The lowest BCUT2D eigenvalue weighted by Gasteiger charge is -2.25. The summed E-state index contributed by atoms with van der Waals surface area (Å²) in [4.78, 5) is 15.7. The van der Waals surface area contributed by atoms with Gasteiger partial charge in [0, 0.05) is 10.9 Å². The summed E-state index contributed by atoms with van der Waals surface area (Å²) in [6, 6.07) is 8.72. The molecule has 0 bridgehead atoms. The van der Waals surface area contributed by atoms with E-state index >= 15 is 0 Å². The van der Waals surface area contributed by atoms with E-state index in [0.717, 1.165) is 12.8 Å². The molecule has 2 amide bonds. The van der Waals surface area contributed by atoms with Crippen LogP contribution in [0.25, 0.3) is 0 Å². The number of nitrogens with zero attached hydrogens (tertiary/aromatic N) is 1. The Morgan fingerprint density at radius 1 is 1.46 bits per heavy atom. The second-order valence-electron chi connectivity index (χ2n) is 6.00. The van der Waals surface area contributed by atoms with Crippen molar-refractivity contribution in [3.05, 3.63) is 52.0 Å². The fraction of sp³-hybridized carbons (Fsp3) is 0.389. The first-order chi connectivity index (χ1) is 11.6. The van der Waals surface area contributed by atoms with Crippen LogP contribution in [-0.2, 0) is 6.54 Å². The largest absolute Gasteiger partial charge is 0.494 e. The lowest BCUT2D eigenvalue weighted by atomic mass is 10.1. The van der Waals surface area contributed by atoms with Crippen LogP contribution in [0.2, 0.25) is 0 Å². The molecule has 6 heteroatoms. The Morgan fingerprint density at radius 3 is 2.83 bits per heavy atom. The van der Waals surface area contributed by atoms with Crippen molar-refractivity contribution in [2.24, 2.45) is 0 Å². The highest BCUT2D eigenvalue weighted by atomic mass is 32.1. The number of ether oxygens (including phenoxy) is 1. The summed E-state index contributed by atoms with van der Waals surface area (Å²) in [6.07, 6.45) is 2.09. The molecule has 3 rings (SSSR count). The van der Waals surface area contributed by atoms with Gasteiger partial charge in [-0.05, 0) is 48.9 Å². The molecule has 1 N–H and O–H groups in total. The fourth-order valence-corrected chi connectivity index (χ4v) is 3.33. The van der Waals surface area contributed by atoms with Gasteiger partial charge in [0.25, 0.3) is 0 Å². The van der Waals surface area contributed by atoms with E-state index in [9.17, 15) is 9.18 Å². The van der Waals surface area contributed by atoms with Crippen molar-refractivity contribution >= 4 is 17.4 Å². The topological polar surface area (TPSA) is 41.6 Å². The molecule has 4 nitrogen and oxygen atoms in total. The van der Waals surface area contributed by atoms with E-state index in [-0.39, 0.29) is 17.8 Å². The summed E-state index contributed by atoms with van der Waals surface area (Å²) in [6.45, 7) is 2.48. The number of thiophene rings is 1. The van der Waals surface area contributed by atoms with Crippen LogP contribution in [0.1, 0.15) is 36.2 Å². The van der Waals surface area contributed by atoms with E-state index in [1.807, 2.05) is 29.3 Å². The number of hydrogen-bond acceptors (Lipinski definition) is 3. The molecule has 24 heavy (non-hydrogen) atoms. The van der Waals surface area contributed by atoms with Crippen molar-refractivity contribution in [1.82, 2.24) is 10.2 Å². The van der Waals surface area contributed by atoms with E-state index < -0.39 is 5.82 Å². The highest BCUT2D eigenvalue weighted by molar-refractivity contribution is 7.09. The summed E-state index contributed by atoms with van der Waals surface area (Å²) in [5, 5.41) is 4.99. The Balaban J connectivity index is 1.66. The van der Waals surface area contributed by atoms with Crippen LogP contribution in [0.15, 0.2) is 35.7 Å². The van der Waals surface area contributed by atoms with Gasteiger partial charge in [0.15, 0.2) is 11.6 Å². The zero-order chi connectivity index (χ0) is 17.1. The molecule has 1 aromatic heterocycles. The number of carbonyl (C=O) groups is 1. The van der Waals surface area contributed by atoms with Crippen LogP contribution in [-0.4, -0.2) is 24.1 Å². The minimum Gasteiger partial charge on any atom is -0.494 e. The molecular weight excluding hydrogens is 327 g/mol. The average Bonchev–Trinajstić information content (AvgIpc) is 3.28. The van der Waals surface area contributed by atoms with E-state index in [4.69, 9.17) is 4.74 Å². The van der Waals surface area contributed by atoms with Crippen LogP contribution in [0.4, 0.5) is 9.18 Å². The maximum atomic E-state index is 13.9. The van der Waals surface area contributed by atoms with E-state index in [1.165, 1.54) is 18.1 Å². The Morgan fingerprint density at radius 2 is 2.25 bits per heavy atom. The Bertz CT molecular complexity index is 701. The maximum absolute atomic E-state index is 13.9. The highest BCUT2D eigenvalue weighted by Gasteiger charge is 2.33. The fourth-order valence-electron chi connectivity index (χ4n) is 2.63. The van der Waals surface area contributed by atoms with Crippen molar-refractivity contribution in [2.45, 2.75) is 38.4 Å². The summed E-state index contributed by atoms with van der Waals surface area (Å²) in [7, 11) is 1.43. The van der Waals surface area contributed by atoms with Gasteiger partial charge in [-0.15, -0.1) is 11.3 Å². The summed E-state index contributed by atoms with van der Waals surface area (Å²) in [5.74, 6) is -0.219. The predicted molar refractivity (Wildman–Crippen MR) is 92.8 cm³/mol.